The molecule has 0 aromatic carbocycles. The highest BCUT2D eigenvalue weighted by atomic mass is 35.5. The first-order valence-electron chi connectivity index (χ1n) is 6.62. The van der Waals surface area contributed by atoms with Crippen molar-refractivity contribution in [3.8, 4) is 0 Å². The highest BCUT2D eigenvalue weighted by Crippen LogP contribution is 2.29. The number of thiophene rings is 1. The Kier molecular flexibility index (Phi) is 6.64. The maximum atomic E-state index is 6.03. The summed E-state index contributed by atoms with van der Waals surface area (Å²) in [5.74, 6) is 1.29. The van der Waals surface area contributed by atoms with Crippen LogP contribution in [0.15, 0.2) is 11.4 Å². The van der Waals surface area contributed by atoms with E-state index in [1.54, 1.807) is 11.3 Å². The molecule has 0 amide bonds. The summed E-state index contributed by atoms with van der Waals surface area (Å²) in [6, 6.07) is 2.35. The van der Waals surface area contributed by atoms with Gasteiger partial charge in [0.25, 0.3) is 0 Å². The van der Waals surface area contributed by atoms with Crippen molar-refractivity contribution in [3.05, 3.63) is 21.3 Å². The zero-order valence-electron chi connectivity index (χ0n) is 11.8. The SMILES string of the molecule is CC(C)CN(CC(C)C)C(CN)c1cc(Cl)cs1. The first kappa shape index (κ1) is 16.0. The zero-order valence-corrected chi connectivity index (χ0v) is 13.4. The van der Waals surface area contributed by atoms with Crippen molar-refractivity contribution >= 4 is 22.9 Å². The maximum Gasteiger partial charge on any atom is 0.0565 e. The monoisotopic (exact) mass is 288 g/mol. The van der Waals surface area contributed by atoms with Gasteiger partial charge in [0.05, 0.1) is 11.1 Å². The average molecular weight is 289 g/mol. The molecule has 1 atom stereocenters. The zero-order chi connectivity index (χ0) is 13.7. The summed E-state index contributed by atoms with van der Waals surface area (Å²) in [5, 5.41) is 2.81. The van der Waals surface area contributed by atoms with Crippen LogP contribution < -0.4 is 5.73 Å². The maximum absolute atomic E-state index is 6.03. The normalized spacial score (nSPS) is 13.8. The average Bonchev–Trinajstić information content (AvgIpc) is 2.64. The second-order valence-corrected chi connectivity index (χ2v) is 7.04. The third-order valence-corrected chi connectivity index (χ3v) is 4.16. The molecule has 0 aliphatic heterocycles. The highest BCUT2D eigenvalue weighted by molar-refractivity contribution is 7.10. The van der Waals surface area contributed by atoms with Gasteiger partial charge < -0.3 is 5.73 Å². The van der Waals surface area contributed by atoms with Crippen molar-refractivity contribution in [2.24, 2.45) is 17.6 Å². The van der Waals surface area contributed by atoms with Gasteiger partial charge in [-0.1, -0.05) is 39.3 Å². The summed E-state index contributed by atoms with van der Waals surface area (Å²) >= 11 is 7.74. The van der Waals surface area contributed by atoms with Crippen molar-refractivity contribution in [3.63, 3.8) is 0 Å². The fraction of sp³-hybridized carbons (Fsp3) is 0.714. The summed E-state index contributed by atoms with van der Waals surface area (Å²) in [6.45, 7) is 11.8. The van der Waals surface area contributed by atoms with Crippen LogP contribution >= 0.6 is 22.9 Å². The number of rotatable bonds is 7. The molecule has 0 aliphatic carbocycles. The third kappa shape index (κ3) is 4.88. The lowest BCUT2D eigenvalue weighted by atomic mass is 10.1. The van der Waals surface area contributed by atoms with Crippen LogP contribution in [-0.4, -0.2) is 24.5 Å². The van der Waals surface area contributed by atoms with Gasteiger partial charge in [0.2, 0.25) is 0 Å². The van der Waals surface area contributed by atoms with Crippen LogP contribution in [-0.2, 0) is 0 Å². The van der Waals surface area contributed by atoms with Crippen LogP contribution in [0.25, 0.3) is 0 Å². The number of nitrogens with two attached hydrogens (primary N) is 1. The summed E-state index contributed by atoms with van der Waals surface area (Å²) in [5.41, 5.74) is 5.99. The van der Waals surface area contributed by atoms with Gasteiger partial charge in [0, 0.05) is 29.9 Å². The Hall–Kier alpha value is -0.0900. The number of hydrogen-bond donors (Lipinski definition) is 1. The van der Waals surface area contributed by atoms with Gasteiger partial charge in [-0.05, 0) is 17.9 Å². The van der Waals surface area contributed by atoms with E-state index in [-0.39, 0.29) is 0 Å². The Balaban J connectivity index is 2.85. The largest absolute Gasteiger partial charge is 0.329 e. The fourth-order valence-corrected chi connectivity index (χ4v) is 3.45. The molecule has 0 fully saturated rings. The molecular weight excluding hydrogens is 264 g/mol. The second kappa shape index (κ2) is 7.49. The minimum atomic E-state index is 0.298. The molecule has 104 valence electrons. The Labute approximate surface area is 120 Å². The smallest absolute Gasteiger partial charge is 0.0565 e. The molecule has 1 heterocycles. The Morgan fingerprint density at radius 1 is 1.22 bits per heavy atom. The second-order valence-electron chi connectivity index (χ2n) is 5.66. The molecule has 0 aliphatic rings. The Morgan fingerprint density at radius 2 is 1.78 bits per heavy atom. The van der Waals surface area contributed by atoms with E-state index < -0.39 is 0 Å². The van der Waals surface area contributed by atoms with Crippen LogP contribution in [0.2, 0.25) is 5.02 Å². The van der Waals surface area contributed by atoms with Crippen LogP contribution in [0.5, 0.6) is 0 Å². The first-order chi connectivity index (χ1) is 8.43. The molecule has 0 saturated heterocycles. The molecule has 1 aromatic heterocycles. The quantitative estimate of drug-likeness (QED) is 0.821. The molecule has 1 aromatic rings. The van der Waals surface area contributed by atoms with Crippen LogP contribution in [0.3, 0.4) is 0 Å². The fourth-order valence-electron chi connectivity index (χ4n) is 2.22. The Bertz CT molecular complexity index is 339. The van der Waals surface area contributed by atoms with Crippen molar-refractivity contribution in [1.82, 2.24) is 4.90 Å². The van der Waals surface area contributed by atoms with Gasteiger partial charge in [0.15, 0.2) is 0 Å². The summed E-state index contributed by atoms with van der Waals surface area (Å²) in [7, 11) is 0. The van der Waals surface area contributed by atoms with Crippen LogP contribution in [0.4, 0.5) is 0 Å². The predicted molar refractivity (Wildman–Crippen MR) is 82.4 cm³/mol. The van der Waals surface area contributed by atoms with E-state index in [2.05, 4.69) is 38.7 Å². The molecule has 0 radical (unpaired) electrons. The lowest BCUT2D eigenvalue weighted by molar-refractivity contribution is 0.162. The number of hydrogen-bond acceptors (Lipinski definition) is 3. The number of nitrogens with zero attached hydrogens (tertiary/aromatic N) is 1. The molecule has 1 unspecified atom stereocenters. The highest BCUT2D eigenvalue weighted by Gasteiger charge is 2.22. The van der Waals surface area contributed by atoms with Gasteiger partial charge in [0.1, 0.15) is 0 Å². The van der Waals surface area contributed by atoms with Crippen LogP contribution in [0.1, 0.15) is 38.6 Å². The number of halogens is 1. The van der Waals surface area contributed by atoms with Crippen molar-refractivity contribution in [1.29, 1.82) is 0 Å². The van der Waals surface area contributed by atoms with E-state index in [4.69, 9.17) is 17.3 Å². The molecule has 0 saturated carbocycles. The lowest BCUT2D eigenvalue weighted by Crippen LogP contribution is -2.38. The van der Waals surface area contributed by atoms with Crippen LogP contribution in [0, 0.1) is 11.8 Å². The van der Waals surface area contributed by atoms with Gasteiger partial charge in [-0.2, -0.15) is 0 Å². The standard InChI is InChI=1S/C14H25ClN2S/c1-10(2)7-17(8-11(3)4)13(6-16)14-5-12(15)9-18-14/h5,9-11,13H,6-8,16H2,1-4H3. The molecule has 0 spiro atoms. The molecule has 1 rings (SSSR count). The molecule has 2 N–H and O–H groups in total. The van der Waals surface area contributed by atoms with E-state index in [1.165, 1.54) is 4.88 Å². The van der Waals surface area contributed by atoms with Gasteiger partial charge >= 0.3 is 0 Å². The molecule has 2 nitrogen and oxygen atoms in total. The minimum Gasteiger partial charge on any atom is -0.329 e. The Morgan fingerprint density at radius 3 is 2.11 bits per heavy atom. The van der Waals surface area contributed by atoms with Crippen molar-refractivity contribution in [2.45, 2.75) is 33.7 Å². The lowest BCUT2D eigenvalue weighted by Gasteiger charge is -2.33. The van der Waals surface area contributed by atoms with Gasteiger partial charge in [-0.25, -0.2) is 0 Å². The molecule has 18 heavy (non-hydrogen) atoms. The van der Waals surface area contributed by atoms with Crippen molar-refractivity contribution < 1.29 is 0 Å². The molecule has 4 heteroatoms. The van der Waals surface area contributed by atoms with Crippen molar-refractivity contribution in [2.75, 3.05) is 19.6 Å². The van der Waals surface area contributed by atoms with E-state index in [0.717, 1.165) is 18.1 Å². The van der Waals surface area contributed by atoms with Gasteiger partial charge in [-0.15, -0.1) is 11.3 Å². The van der Waals surface area contributed by atoms with E-state index in [1.807, 2.05) is 5.38 Å². The summed E-state index contributed by atoms with van der Waals surface area (Å²) in [4.78, 5) is 3.78. The van der Waals surface area contributed by atoms with E-state index in [9.17, 15) is 0 Å². The van der Waals surface area contributed by atoms with E-state index in [0.29, 0.717) is 24.4 Å². The van der Waals surface area contributed by atoms with Gasteiger partial charge in [-0.3, -0.25) is 4.90 Å². The molecule has 0 bridgehead atoms. The minimum absolute atomic E-state index is 0.298. The molecular formula is C14H25ClN2S. The summed E-state index contributed by atoms with van der Waals surface area (Å²) in [6.07, 6.45) is 0. The third-order valence-electron chi connectivity index (χ3n) is 2.78. The topological polar surface area (TPSA) is 29.3 Å². The van der Waals surface area contributed by atoms with E-state index >= 15 is 0 Å². The summed E-state index contributed by atoms with van der Waals surface area (Å²) < 4.78 is 0. The predicted octanol–water partition coefficient (Wildman–Crippen LogP) is 4.02. The first-order valence-corrected chi connectivity index (χ1v) is 7.87.